The molecular weight excluding hydrogens is 571 g/mol. The van der Waals surface area contributed by atoms with Crippen molar-refractivity contribution in [1.82, 2.24) is 15.3 Å². The number of aromatic nitrogens is 2. The van der Waals surface area contributed by atoms with E-state index in [9.17, 15) is 22.4 Å². The fourth-order valence-corrected chi connectivity index (χ4v) is 5.62. The minimum Gasteiger partial charge on any atom is -0.372 e. The molecule has 0 aliphatic carbocycles. The number of hydrogen-bond acceptors (Lipinski definition) is 7. The molecule has 2 N–H and O–H groups in total. The predicted molar refractivity (Wildman–Crippen MR) is 153 cm³/mol. The van der Waals surface area contributed by atoms with Gasteiger partial charge in [-0.05, 0) is 58.0 Å². The molecule has 230 valence electrons. The Morgan fingerprint density at radius 3 is 2.35 bits per heavy atom. The van der Waals surface area contributed by atoms with Crippen LogP contribution >= 0.6 is 0 Å². The summed E-state index contributed by atoms with van der Waals surface area (Å²) in [6, 6.07) is 4.52. The number of carbonyl (C=O) groups excluding carboxylic acids is 1. The first kappa shape index (κ1) is 30.6. The van der Waals surface area contributed by atoms with Crippen LogP contribution in [0.15, 0.2) is 42.7 Å². The summed E-state index contributed by atoms with van der Waals surface area (Å²) < 4.78 is 76.3. The van der Waals surface area contributed by atoms with E-state index < -0.39 is 34.8 Å². The third-order valence-corrected chi connectivity index (χ3v) is 7.42. The summed E-state index contributed by atoms with van der Waals surface area (Å²) >= 11 is 0. The topological polar surface area (TPSA) is 82.6 Å². The molecule has 0 radical (unpaired) electrons. The summed E-state index contributed by atoms with van der Waals surface area (Å²) in [7, 11) is 0. The number of benzene rings is 2. The van der Waals surface area contributed by atoms with Gasteiger partial charge in [0, 0.05) is 61.8 Å². The maximum atomic E-state index is 15.7. The van der Waals surface area contributed by atoms with Gasteiger partial charge in [0.15, 0.2) is 0 Å². The monoisotopic (exact) mass is 604 g/mol. The summed E-state index contributed by atoms with van der Waals surface area (Å²) in [6.07, 6.45) is -2.04. The molecule has 5 rings (SSSR count). The Morgan fingerprint density at radius 1 is 1.05 bits per heavy atom. The third-order valence-electron chi connectivity index (χ3n) is 7.42. The van der Waals surface area contributed by atoms with Gasteiger partial charge >= 0.3 is 6.18 Å². The number of piperazine rings is 1. The van der Waals surface area contributed by atoms with Crippen LogP contribution < -0.4 is 20.4 Å². The van der Waals surface area contributed by atoms with E-state index in [1.165, 1.54) is 24.5 Å². The molecule has 8 nitrogen and oxygen atoms in total. The number of amides is 1. The fourth-order valence-electron chi connectivity index (χ4n) is 5.62. The van der Waals surface area contributed by atoms with E-state index >= 15 is 4.39 Å². The molecule has 2 aliphatic rings. The Kier molecular flexibility index (Phi) is 8.32. The van der Waals surface area contributed by atoms with Crippen molar-refractivity contribution in [2.75, 3.05) is 47.9 Å². The largest absolute Gasteiger partial charge is 0.417 e. The number of anilines is 3. The van der Waals surface area contributed by atoms with E-state index in [0.717, 1.165) is 12.1 Å². The second kappa shape index (κ2) is 11.7. The average molecular weight is 605 g/mol. The number of nitrogens with zero attached hydrogens (tertiary/aromatic N) is 4. The van der Waals surface area contributed by atoms with Gasteiger partial charge in [0.05, 0.1) is 34.7 Å². The van der Waals surface area contributed by atoms with Crippen LogP contribution in [-0.4, -0.2) is 66.3 Å². The van der Waals surface area contributed by atoms with Crippen LogP contribution in [0.4, 0.5) is 39.3 Å². The third kappa shape index (κ3) is 6.88. The van der Waals surface area contributed by atoms with Crippen LogP contribution in [0, 0.1) is 11.6 Å². The van der Waals surface area contributed by atoms with Gasteiger partial charge in [0.25, 0.3) is 5.91 Å². The van der Waals surface area contributed by atoms with Crippen LogP contribution in [-0.2, 0) is 10.9 Å². The van der Waals surface area contributed by atoms with Crippen molar-refractivity contribution in [2.45, 2.75) is 51.6 Å². The zero-order chi connectivity index (χ0) is 31.1. The van der Waals surface area contributed by atoms with Gasteiger partial charge in [-0.2, -0.15) is 13.2 Å². The molecule has 2 atom stereocenters. The number of halogens is 5. The lowest BCUT2D eigenvalue weighted by Gasteiger charge is -2.38. The summed E-state index contributed by atoms with van der Waals surface area (Å²) in [5.74, 6) is -2.40. The van der Waals surface area contributed by atoms with E-state index in [-0.39, 0.29) is 35.0 Å². The highest BCUT2D eigenvalue weighted by atomic mass is 19.4. The molecule has 43 heavy (non-hydrogen) atoms. The van der Waals surface area contributed by atoms with Crippen molar-refractivity contribution in [2.24, 2.45) is 0 Å². The number of hydrogen-bond donors (Lipinski definition) is 2. The molecule has 2 aromatic carbocycles. The molecule has 3 aromatic rings. The van der Waals surface area contributed by atoms with Gasteiger partial charge in [-0.15, -0.1) is 0 Å². The molecule has 2 fully saturated rings. The van der Waals surface area contributed by atoms with E-state index in [1.54, 1.807) is 0 Å². The zero-order valence-electron chi connectivity index (χ0n) is 24.2. The Bertz CT molecular complexity index is 1490. The van der Waals surface area contributed by atoms with Crippen molar-refractivity contribution in [3.05, 3.63) is 65.5 Å². The number of morpholine rings is 1. The van der Waals surface area contributed by atoms with Crippen molar-refractivity contribution >= 4 is 23.2 Å². The Hall–Kier alpha value is -3.84. The maximum absolute atomic E-state index is 15.7. The summed E-state index contributed by atoms with van der Waals surface area (Å²) in [4.78, 5) is 25.9. The van der Waals surface area contributed by atoms with Gasteiger partial charge in [-0.1, -0.05) is 0 Å². The SMILES string of the molecule is C[C@@H]1CN(c2cc(F)c(-c3cnc(N4CCOC(C)(C)C4)nc3)cc2NC(=O)c2ccc(F)cc2C(F)(F)F)C[C@H](C)N1. The second-order valence-electron chi connectivity index (χ2n) is 11.7. The first-order valence-electron chi connectivity index (χ1n) is 13.9. The van der Waals surface area contributed by atoms with Gasteiger partial charge in [0.1, 0.15) is 11.6 Å². The van der Waals surface area contributed by atoms with Crippen molar-refractivity contribution in [3.63, 3.8) is 0 Å². The summed E-state index contributed by atoms with van der Waals surface area (Å²) in [5.41, 5.74) is -1.78. The molecule has 13 heteroatoms. The predicted octanol–water partition coefficient (Wildman–Crippen LogP) is 5.49. The summed E-state index contributed by atoms with van der Waals surface area (Å²) in [6.45, 7) is 10.4. The normalized spacial score (nSPS) is 20.7. The van der Waals surface area contributed by atoms with Crippen molar-refractivity contribution in [1.29, 1.82) is 0 Å². The summed E-state index contributed by atoms with van der Waals surface area (Å²) in [5, 5.41) is 5.91. The highest BCUT2D eigenvalue weighted by molar-refractivity contribution is 6.07. The molecule has 2 aliphatic heterocycles. The number of alkyl halides is 3. The number of ether oxygens (including phenoxy) is 1. The first-order chi connectivity index (χ1) is 20.2. The van der Waals surface area contributed by atoms with Crippen LogP contribution in [0.1, 0.15) is 43.6 Å². The van der Waals surface area contributed by atoms with Crippen LogP contribution in [0.5, 0.6) is 0 Å². The maximum Gasteiger partial charge on any atom is 0.417 e. The van der Waals surface area contributed by atoms with Gasteiger partial charge in [0.2, 0.25) is 5.95 Å². The molecule has 0 saturated carbocycles. The number of rotatable bonds is 5. The van der Waals surface area contributed by atoms with Crippen LogP contribution in [0.2, 0.25) is 0 Å². The molecule has 0 spiro atoms. The van der Waals surface area contributed by atoms with Crippen molar-refractivity contribution < 1.29 is 31.5 Å². The van der Waals surface area contributed by atoms with Crippen molar-refractivity contribution in [3.8, 4) is 11.1 Å². The lowest BCUT2D eigenvalue weighted by Crippen LogP contribution is -2.54. The second-order valence-corrected chi connectivity index (χ2v) is 11.7. The van der Waals surface area contributed by atoms with E-state index in [0.29, 0.717) is 50.0 Å². The van der Waals surface area contributed by atoms with Gasteiger partial charge < -0.3 is 25.2 Å². The molecule has 3 heterocycles. The zero-order valence-corrected chi connectivity index (χ0v) is 24.2. The first-order valence-corrected chi connectivity index (χ1v) is 13.9. The molecule has 0 bridgehead atoms. The highest BCUT2D eigenvalue weighted by Crippen LogP contribution is 2.37. The number of carbonyl (C=O) groups is 1. The molecule has 0 unspecified atom stereocenters. The van der Waals surface area contributed by atoms with E-state index in [2.05, 4.69) is 20.6 Å². The van der Waals surface area contributed by atoms with Crippen LogP contribution in [0.25, 0.3) is 11.1 Å². The lowest BCUT2D eigenvalue weighted by atomic mass is 10.0. The molecule has 2 saturated heterocycles. The smallest absolute Gasteiger partial charge is 0.372 e. The molecule has 1 amide bonds. The van der Waals surface area contributed by atoms with E-state index in [1.807, 2.05) is 37.5 Å². The Labute approximate surface area is 246 Å². The lowest BCUT2D eigenvalue weighted by molar-refractivity contribution is -0.138. The van der Waals surface area contributed by atoms with E-state index in [4.69, 9.17) is 4.74 Å². The minimum absolute atomic E-state index is 0.0232. The average Bonchev–Trinajstić information content (AvgIpc) is 2.92. The van der Waals surface area contributed by atoms with Gasteiger partial charge in [-0.25, -0.2) is 18.7 Å². The highest BCUT2D eigenvalue weighted by Gasteiger charge is 2.36. The van der Waals surface area contributed by atoms with Gasteiger partial charge in [-0.3, -0.25) is 4.79 Å². The van der Waals surface area contributed by atoms with Crippen LogP contribution in [0.3, 0.4) is 0 Å². The Balaban J connectivity index is 1.52. The fraction of sp³-hybridized carbons (Fsp3) is 0.433. The molecular formula is C30H33F5N6O2. The molecule has 1 aromatic heterocycles. The quantitative estimate of drug-likeness (QED) is 0.373. The minimum atomic E-state index is -4.97. The Morgan fingerprint density at radius 2 is 1.72 bits per heavy atom. The number of nitrogens with one attached hydrogen (secondary N) is 2. The standard InChI is InChI=1S/C30H33F5N6O2/c1-17-14-41(15-18(2)38-17)26-11-24(32)22(19-12-36-28(37-13-19)40-7-8-43-29(3,4)16-40)10-25(26)39-27(42)21-6-5-20(31)9-23(21)30(33,34)35/h5-6,9-13,17-18,38H,7-8,14-16H2,1-4H3,(H,39,42)/t17-,18+.